The van der Waals surface area contributed by atoms with E-state index >= 15 is 0 Å². The van der Waals surface area contributed by atoms with Crippen LogP contribution in [0.1, 0.15) is 55.8 Å². The Morgan fingerprint density at radius 1 is 1.14 bits per heavy atom. The molecule has 1 saturated heterocycles. The van der Waals surface area contributed by atoms with Gasteiger partial charge in [-0.25, -0.2) is 4.98 Å². The van der Waals surface area contributed by atoms with Crippen molar-refractivity contribution >= 4 is 22.8 Å². The smallest absolute Gasteiger partial charge is 0.315 e. The quantitative estimate of drug-likeness (QED) is 0.403. The number of hydrogen-bond acceptors (Lipinski definition) is 8. The minimum Gasteiger partial charge on any atom is -0.352 e. The van der Waals surface area contributed by atoms with Gasteiger partial charge in [0, 0.05) is 37.8 Å². The molecule has 182 valence electrons. The molecule has 0 bridgehead atoms. The summed E-state index contributed by atoms with van der Waals surface area (Å²) in [6.45, 7) is 11.5. The molecule has 1 amide bonds. The summed E-state index contributed by atoms with van der Waals surface area (Å²) < 4.78 is 5.17. The number of carbonyl (C=O) groups excluding carboxylic acids is 1. The summed E-state index contributed by atoms with van der Waals surface area (Å²) in [5, 5.41) is 18.9. The molecule has 10 heteroatoms. The molecule has 0 radical (unpaired) electrons. The van der Waals surface area contributed by atoms with Crippen molar-refractivity contribution in [2.45, 2.75) is 39.2 Å². The SMILES string of the molecule is C[C@@H](NC(=O)c1nc(C(C)(C)C)no1)c1ccc(-c2ccnc3[nH]nc(N4CCNCC4)c23)cc1. The molecule has 1 fully saturated rings. The first kappa shape index (κ1) is 23.0. The third-order valence-electron chi connectivity index (χ3n) is 6.22. The third kappa shape index (κ3) is 4.61. The summed E-state index contributed by atoms with van der Waals surface area (Å²) in [5.74, 6) is 1.02. The van der Waals surface area contributed by atoms with Gasteiger partial charge in [-0.05, 0) is 29.7 Å². The number of amides is 1. The summed E-state index contributed by atoms with van der Waals surface area (Å²) in [7, 11) is 0. The van der Waals surface area contributed by atoms with E-state index in [4.69, 9.17) is 4.52 Å². The van der Waals surface area contributed by atoms with Crippen LogP contribution in [0.2, 0.25) is 0 Å². The van der Waals surface area contributed by atoms with Crippen LogP contribution in [0.5, 0.6) is 0 Å². The van der Waals surface area contributed by atoms with Crippen molar-refractivity contribution in [3.05, 3.63) is 53.8 Å². The average Bonchev–Trinajstić information content (AvgIpc) is 3.52. The van der Waals surface area contributed by atoms with Crippen molar-refractivity contribution in [3.63, 3.8) is 0 Å². The van der Waals surface area contributed by atoms with E-state index < -0.39 is 0 Å². The van der Waals surface area contributed by atoms with Gasteiger partial charge < -0.3 is 20.1 Å². The zero-order valence-corrected chi connectivity index (χ0v) is 20.4. The first-order valence-electron chi connectivity index (χ1n) is 11.9. The van der Waals surface area contributed by atoms with Crippen LogP contribution in [-0.4, -0.2) is 57.4 Å². The lowest BCUT2D eigenvalue weighted by Gasteiger charge is -2.27. The molecule has 0 aliphatic carbocycles. The van der Waals surface area contributed by atoms with Crippen LogP contribution in [0, 0.1) is 0 Å². The monoisotopic (exact) mass is 474 g/mol. The average molecular weight is 475 g/mol. The fourth-order valence-corrected chi connectivity index (χ4v) is 4.19. The number of pyridine rings is 1. The number of piperazine rings is 1. The molecule has 10 nitrogen and oxygen atoms in total. The number of rotatable bonds is 5. The summed E-state index contributed by atoms with van der Waals surface area (Å²) in [5.41, 5.74) is 3.58. The normalized spacial score (nSPS) is 15.4. The number of carbonyl (C=O) groups is 1. The molecule has 3 aromatic heterocycles. The second-order valence-electron chi connectivity index (χ2n) is 9.86. The van der Waals surface area contributed by atoms with E-state index in [9.17, 15) is 4.79 Å². The van der Waals surface area contributed by atoms with Gasteiger partial charge in [-0.2, -0.15) is 10.1 Å². The highest BCUT2D eigenvalue weighted by Crippen LogP contribution is 2.34. The Morgan fingerprint density at radius 3 is 2.57 bits per heavy atom. The van der Waals surface area contributed by atoms with Gasteiger partial charge in [0.1, 0.15) is 0 Å². The van der Waals surface area contributed by atoms with E-state index in [1.165, 1.54) is 0 Å². The van der Waals surface area contributed by atoms with E-state index in [2.05, 4.69) is 53.0 Å². The third-order valence-corrected chi connectivity index (χ3v) is 6.22. The summed E-state index contributed by atoms with van der Waals surface area (Å²) in [6.07, 6.45) is 1.80. The number of aromatic amines is 1. The Balaban J connectivity index is 1.36. The van der Waals surface area contributed by atoms with E-state index in [0.717, 1.165) is 59.7 Å². The van der Waals surface area contributed by atoms with Gasteiger partial charge in [0.2, 0.25) is 0 Å². The highest BCUT2D eigenvalue weighted by molar-refractivity contribution is 6.00. The fraction of sp³-hybridized carbons (Fsp3) is 0.400. The number of benzene rings is 1. The molecule has 4 aromatic rings. The van der Waals surface area contributed by atoms with Crippen molar-refractivity contribution in [1.82, 2.24) is 36.0 Å². The molecule has 35 heavy (non-hydrogen) atoms. The largest absolute Gasteiger partial charge is 0.352 e. The van der Waals surface area contributed by atoms with Gasteiger partial charge in [-0.1, -0.05) is 50.2 Å². The minimum atomic E-state index is -0.389. The standard InChI is InChI=1S/C25H30N8O2/c1-15(28-22(34)23-29-24(32-35-23)25(2,3)4)16-5-7-17(8-6-16)18-9-10-27-20-19(18)21(31-30-20)33-13-11-26-12-14-33/h5-10,15,26H,11-14H2,1-4H3,(H,28,34)(H,27,30,31)/t15-/m1/s1. The van der Waals surface area contributed by atoms with Crippen LogP contribution in [0.4, 0.5) is 5.82 Å². The molecule has 4 heterocycles. The predicted octanol–water partition coefficient (Wildman–Crippen LogP) is 3.21. The number of aromatic nitrogens is 5. The summed E-state index contributed by atoms with van der Waals surface area (Å²) in [4.78, 5) is 23.6. The Bertz CT molecular complexity index is 1330. The molecule has 1 aliphatic rings. The van der Waals surface area contributed by atoms with Crippen LogP contribution in [0.3, 0.4) is 0 Å². The number of fused-ring (bicyclic) bond motifs is 1. The second-order valence-corrected chi connectivity index (χ2v) is 9.86. The first-order chi connectivity index (χ1) is 16.8. The van der Waals surface area contributed by atoms with Gasteiger partial charge in [-0.3, -0.25) is 9.89 Å². The van der Waals surface area contributed by atoms with Gasteiger partial charge in [0.15, 0.2) is 17.3 Å². The second kappa shape index (κ2) is 9.10. The summed E-state index contributed by atoms with van der Waals surface area (Å²) >= 11 is 0. The van der Waals surface area contributed by atoms with E-state index in [1.54, 1.807) is 6.20 Å². The first-order valence-corrected chi connectivity index (χ1v) is 11.9. The number of nitrogens with zero attached hydrogens (tertiary/aromatic N) is 5. The predicted molar refractivity (Wildman–Crippen MR) is 133 cm³/mol. The van der Waals surface area contributed by atoms with Crippen LogP contribution in [-0.2, 0) is 5.41 Å². The van der Waals surface area contributed by atoms with E-state index in [-0.39, 0.29) is 23.3 Å². The molecule has 1 aliphatic heterocycles. The summed E-state index contributed by atoms with van der Waals surface area (Å²) in [6, 6.07) is 9.95. The van der Waals surface area contributed by atoms with E-state index in [1.807, 2.05) is 45.9 Å². The maximum absolute atomic E-state index is 12.6. The Labute approximate surface area is 203 Å². The number of anilines is 1. The van der Waals surface area contributed by atoms with Crippen LogP contribution in [0.25, 0.3) is 22.2 Å². The lowest BCUT2D eigenvalue weighted by atomic mass is 9.96. The van der Waals surface area contributed by atoms with Crippen LogP contribution in [0.15, 0.2) is 41.1 Å². The van der Waals surface area contributed by atoms with Gasteiger partial charge >= 0.3 is 11.8 Å². The molecule has 0 spiro atoms. The number of hydrogen-bond donors (Lipinski definition) is 3. The highest BCUT2D eigenvalue weighted by atomic mass is 16.5. The lowest BCUT2D eigenvalue weighted by Crippen LogP contribution is -2.43. The highest BCUT2D eigenvalue weighted by Gasteiger charge is 2.25. The van der Waals surface area contributed by atoms with Crippen molar-refractivity contribution in [2.75, 3.05) is 31.1 Å². The van der Waals surface area contributed by atoms with Gasteiger partial charge in [-0.15, -0.1) is 0 Å². The molecule has 3 N–H and O–H groups in total. The Hall–Kier alpha value is -3.79. The zero-order valence-electron chi connectivity index (χ0n) is 20.4. The molecule has 1 atom stereocenters. The van der Waals surface area contributed by atoms with Crippen molar-refractivity contribution in [2.24, 2.45) is 0 Å². The van der Waals surface area contributed by atoms with Gasteiger partial charge in [0.05, 0.1) is 11.4 Å². The minimum absolute atomic E-state index is 0.0297. The van der Waals surface area contributed by atoms with Crippen molar-refractivity contribution in [1.29, 1.82) is 0 Å². The molecular formula is C25H30N8O2. The maximum atomic E-state index is 12.6. The molecule has 0 saturated carbocycles. The molecule has 1 aromatic carbocycles. The van der Waals surface area contributed by atoms with Crippen molar-refractivity contribution in [3.8, 4) is 11.1 Å². The number of nitrogens with one attached hydrogen (secondary N) is 3. The molecular weight excluding hydrogens is 444 g/mol. The fourth-order valence-electron chi connectivity index (χ4n) is 4.19. The van der Waals surface area contributed by atoms with Crippen molar-refractivity contribution < 1.29 is 9.32 Å². The topological polar surface area (TPSA) is 125 Å². The molecule has 5 rings (SSSR count). The maximum Gasteiger partial charge on any atom is 0.315 e. The van der Waals surface area contributed by atoms with Crippen LogP contribution >= 0.6 is 0 Å². The Morgan fingerprint density at radius 2 is 1.89 bits per heavy atom. The number of H-pyrrole nitrogens is 1. The van der Waals surface area contributed by atoms with E-state index in [0.29, 0.717) is 5.82 Å². The van der Waals surface area contributed by atoms with Crippen LogP contribution < -0.4 is 15.5 Å². The van der Waals surface area contributed by atoms with Gasteiger partial charge in [0.25, 0.3) is 0 Å². The Kier molecular flexibility index (Phi) is 5.98. The molecule has 0 unspecified atom stereocenters. The zero-order chi connectivity index (χ0) is 24.6. The lowest BCUT2D eigenvalue weighted by molar-refractivity contribution is 0.0895.